The highest BCUT2D eigenvalue weighted by atomic mass is 16.6. The molecule has 0 aliphatic carbocycles. The Hall–Kier alpha value is -4.19. The van der Waals surface area contributed by atoms with Crippen LogP contribution in [0.4, 0.5) is 0 Å². The van der Waals surface area contributed by atoms with Crippen molar-refractivity contribution in [2.75, 3.05) is 13.2 Å². The van der Waals surface area contributed by atoms with Crippen LogP contribution in [0.3, 0.4) is 0 Å². The predicted octanol–water partition coefficient (Wildman–Crippen LogP) is 22.8. The quantitative estimate of drug-likeness (QED) is 0.0261. The number of rotatable bonds is 59. The van der Waals surface area contributed by atoms with Crippen molar-refractivity contribution in [3.63, 3.8) is 0 Å². The van der Waals surface area contributed by atoms with Gasteiger partial charge in [-0.25, -0.2) is 0 Å². The van der Waals surface area contributed by atoms with Crippen LogP contribution in [0.2, 0.25) is 0 Å². The van der Waals surface area contributed by atoms with Crippen molar-refractivity contribution in [3.8, 4) is 0 Å². The van der Waals surface area contributed by atoms with Crippen LogP contribution >= 0.6 is 0 Å². The van der Waals surface area contributed by atoms with Crippen LogP contribution < -0.4 is 0 Å². The molecule has 0 saturated carbocycles. The van der Waals surface area contributed by atoms with E-state index in [-0.39, 0.29) is 31.1 Å². The van der Waals surface area contributed by atoms with Crippen LogP contribution in [0.15, 0.2) is 122 Å². The fourth-order valence-corrected chi connectivity index (χ4v) is 9.09. The maximum Gasteiger partial charge on any atom is 0.306 e. The zero-order chi connectivity index (χ0) is 57.1. The summed E-state index contributed by atoms with van der Waals surface area (Å²) in [6, 6.07) is 0. The monoisotopic (exact) mass is 1090 g/mol. The maximum absolute atomic E-state index is 12.9. The highest BCUT2D eigenvalue weighted by molar-refractivity contribution is 5.71. The van der Waals surface area contributed by atoms with E-state index in [9.17, 15) is 14.4 Å². The van der Waals surface area contributed by atoms with Crippen molar-refractivity contribution < 1.29 is 28.6 Å². The Morgan fingerprint density at radius 3 is 0.772 bits per heavy atom. The second-order valence-electron chi connectivity index (χ2n) is 21.6. The van der Waals surface area contributed by atoms with E-state index in [1.807, 2.05) is 0 Å². The van der Waals surface area contributed by atoms with Gasteiger partial charge in [0.15, 0.2) is 6.10 Å². The number of ether oxygens (including phenoxy) is 3. The van der Waals surface area contributed by atoms with Gasteiger partial charge in [-0.05, 0) is 109 Å². The minimum absolute atomic E-state index is 0.0859. The van der Waals surface area contributed by atoms with Crippen LogP contribution in [0.25, 0.3) is 0 Å². The second kappa shape index (κ2) is 66.3. The smallest absolute Gasteiger partial charge is 0.306 e. The molecule has 6 nitrogen and oxygen atoms in total. The highest BCUT2D eigenvalue weighted by Crippen LogP contribution is 2.16. The van der Waals surface area contributed by atoms with Crippen molar-refractivity contribution in [3.05, 3.63) is 122 Å². The fourth-order valence-electron chi connectivity index (χ4n) is 9.09. The molecule has 0 aliphatic heterocycles. The van der Waals surface area contributed by atoms with Crippen LogP contribution in [-0.4, -0.2) is 37.2 Å². The summed E-state index contributed by atoms with van der Waals surface area (Å²) < 4.78 is 16.9. The van der Waals surface area contributed by atoms with Gasteiger partial charge in [0.05, 0.1) is 0 Å². The lowest BCUT2D eigenvalue weighted by atomic mass is 10.0. The molecule has 0 aromatic rings. The molecule has 1 unspecified atom stereocenters. The average molecular weight is 1100 g/mol. The summed E-state index contributed by atoms with van der Waals surface area (Å²) in [4.78, 5) is 38.2. The predicted molar refractivity (Wildman–Crippen MR) is 343 cm³/mol. The first-order chi connectivity index (χ1) is 39.0. The van der Waals surface area contributed by atoms with Gasteiger partial charge in [-0.2, -0.15) is 0 Å². The SMILES string of the molecule is CC/C=C\C/C=C\C/C=C\C/C=C\C/C=C\C/C=C\CCCCCCCCCCCCCCCCCCC(=O)OCC(COC(=O)CCCCCCCCCCC)OC(=O)CCCCCC/C=C\C/C=C\C/C=C\C/C=C\CC. The third kappa shape index (κ3) is 64.5. The average Bonchev–Trinajstić information content (AvgIpc) is 3.45. The summed E-state index contributed by atoms with van der Waals surface area (Å²) in [5.74, 6) is -0.906. The summed E-state index contributed by atoms with van der Waals surface area (Å²) in [6.45, 7) is 6.39. The maximum atomic E-state index is 12.9. The lowest BCUT2D eigenvalue weighted by Gasteiger charge is -2.18. The molecule has 0 N–H and O–H groups in total. The van der Waals surface area contributed by atoms with E-state index in [0.29, 0.717) is 19.3 Å². The van der Waals surface area contributed by atoms with E-state index in [1.54, 1.807) is 0 Å². The number of esters is 3. The molecule has 0 amide bonds. The van der Waals surface area contributed by atoms with E-state index in [1.165, 1.54) is 128 Å². The van der Waals surface area contributed by atoms with E-state index in [4.69, 9.17) is 14.2 Å². The summed E-state index contributed by atoms with van der Waals surface area (Å²) in [7, 11) is 0. The van der Waals surface area contributed by atoms with Gasteiger partial charge in [0, 0.05) is 19.3 Å². The number of hydrogen-bond acceptors (Lipinski definition) is 6. The Morgan fingerprint density at radius 1 is 0.266 bits per heavy atom. The van der Waals surface area contributed by atoms with Crippen LogP contribution in [0.5, 0.6) is 0 Å². The highest BCUT2D eigenvalue weighted by Gasteiger charge is 2.19. The summed E-state index contributed by atoms with van der Waals surface area (Å²) in [5, 5.41) is 0. The largest absolute Gasteiger partial charge is 0.462 e. The molecule has 6 heteroatoms. The minimum Gasteiger partial charge on any atom is -0.462 e. The van der Waals surface area contributed by atoms with E-state index < -0.39 is 6.10 Å². The minimum atomic E-state index is -0.790. The molecule has 0 radical (unpaired) electrons. The molecule has 0 bridgehead atoms. The zero-order valence-electron chi connectivity index (χ0n) is 51.6. The van der Waals surface area contributed by atoms with Crippen molar-refractivity contribution >= 4 is 17.9 Å². The Morgan fingerprint density at radius 2 is 0.494 bits per heavy atom. The Bertz CT molecular complexity index is 1640. The van der Waals surface area contributed by atoms with Gasteiger partial charge >= 0.3 is 17.9 Å². The number of carbonyl (C=O) groups is 3. The second-order valence-corrected chi connectivity index (χ2v) is 21.6. The topological polar surface area (TPSA) is 78.9 Å². The number of unbranched alkanes of at least 4 members (excludes halogenated alkanes) is 28. The van der Waals surface area contributed by atoms with Crippen molar-refractivity contribution in [2.45, 2.75) is 309 Å². The third-order valence-corrected chi connectivity index (χ3v) is 14.0. The zero-order valence-corrected chi connectivity index (χ0v) is 51.6. The molecule has 0 saturated heterocycles. The Labute approximate surface area is 488 Å². The molecule has 0 aromatic carbocycles. The summed E-state index contributed by atoms with van der Waals surface area (Å²) >= 11 is 0. The van der Waals surface area contributed by atoms with Gasteiger partial charge in [-0.3, -0.25) is 14.4 Å². The molecule has 0 aromatic heterocycles. The first-order valence-corrected chi connectivity index (χ1v) is 33.0. The molecule has 0 aliphatic rings. The molecule has 450 valence electrons. The lowest BCUT2D eigenvalue weighted by molar-refractivity contribution is -0.167. The third-order valence-electron chi connectivity index (χ3n) is 14.0. The molecule has 1 atom stereocenters. The number of allylic oxidation sites excluding steroid dienone is 20. The van der Waals surface area contributed by atoms with E-state index in [0.717, 1.165) is 135 Å². The van der Waals surface area contributed by atoms with E-state index >= 15 is 0 Å². The molecule has 79 heavy (non-hydrogen) atoms. The lowest BCUT2D eigenvalue weighted by Crippen LogP contribution is -2.30. The van der Waals surface area contributed by atoms with Crippen LogP contribution in [0.1, 0.15) is 303 Å². The Balaban J connectivity index is 4.11. The van der Waals surface area contributed by atoms with Crippen molar-refractivity contribution in [1.29, 1.82) is 0 Å². The summed E-state index contributed by atoms with van der Waals surface area (Å²) in [6.07, 6.45) is 92.3. The van der Waals surface area contributed by atoms with Crippen molar-refractivity contribution in [2.24, 2.45) is 0 Å². The van der Waals surface area contributed by atoms with Crippen LogP contribution in [0, 0.1) is 0 Å². The van der Waals surface area contributed by atoms with Gasteiger partial charge in [0.2, 0.25) is 0 Å². The normalized spacial score (nSPS) is 12.9. The molecular formula is C73H122O6. The summed E-state index contributed by atoms with van der Waals surface area (Å²) in [5.41, 5.74) is 0. The van der Waals surface area contributed by atoms with Gasteiger partial charge in [0.1, 0.15) is 13.2 Å². The Kier molecular flexibility index (Phi) is 62.8. The van der Waals surface area contributed by atoms with Crippen LogP contribution in [-0.2, 0) is 28.6 Å². The molecule has 0 rings (SSSR count). The number of hydrogen-bond donors (Lipinski definition) is 0. The molecule has 0 spiro atoms. The molecular weight excluding hydrogens is 973 g/mol. The molecule has 0 fully saturated rings. The number of carbonyl (C=O) groups excluding carboxylic acids is 3. The van der Waals surface area contributed by atoms with Gasteiger partial charge in [0.25, 0.3) is 0 Å². The van der Waals surface area contributed by atoms with Crippen molar-refractivity contribution in [1.82, 2.24) is 0 Å². The molecule has 0 heterocycles. The fraction of sp³-hybridized carbons (Fsp3) is 0.685. The standard InChI is InChI=1S/C73H122O6/c1-4-7-10-13-16-19-21-23-25-27-28-29-30-31-32-33-34-35-36-37-38-39-40-41-42-43-44-46-47-49-51-54-57-60-63-66-72(75)78-69-70(68-77-71(74)65-62-59-56-53-18-15-12-9-6-3)79-73(76)67-64-61-58-55-52-50-48-45-26-24-22-20-17-14-11-8-5-2/h7-8,10-11,16-17,19-20,23-26,28-29,31-32,34-35,48,50,70H,4-6,9,12-15,18,21-22,27,30,33,36-47,49,51-69H2,1-3H3/b10-7-,11-8-,19-16-,20-17-,25-23-,26-24-,29-28-,32-31-,35-34-,50-48-. The van der Waals surface area contributed by atoms with Gasteiger partial charge in [-0.1, -0.05) is 296 Å². The van der Waals surface area contributed by atoms with Gasteiger partial charge in [-0.15, -0.1) is 0 Å². The van der Waals surface area contributed by atoms with E-state index in [2.05, 4.69) is 142 Å². The first-order valence-electron chi connectivity index (χ1n) is 33.0. The first kappa shape index (κ1) is 74.8. The van der Waals surface area contributed by atoms with Gasteiger partial charge < -0.3 is 14.2 Å².